The molecule has 1 aromatic heterocycles. The molecular weight excluding hydrogens is 999 g/mol. The smallest absolute Gasteiger partial charge is 0.341 e. The molecule has 77 heavy (non-hydrogen) atoms. The molecule has 438 valence electrons. The first kappa shape index (κ1) is 64.0. The van der Waals surface area contributed by atoms with Crippen molar-refractivity contribution in [3.8, 4) is 0 Å². The number of aryl methyl sites for hydroxylation is 1. The number of hydrogen-bond donors (Lipinski definition) is 6. The van der Waals surface area contributed by atoms with E-state index in [9.17, 15) is 44.7 Å². The highest BCUT2D eigenvalue weighted by molar-refractivity contribution is 5.92. The van der Waals surface area contributed by atoms with Crippen molar-refractivity contribution < 1.29 is 73.1 Å². The molecule has 0 aliphatic carbocycles. The summed E-state index contributed by atoms with van der Waals surface area (Å²) in [5.74, 6) is -4.66. The number of aliphatic hydroxyl groups excluding tert-OH is 2. The van der Waals surface area contributed by atoms with Crippen molar-refractivity contribution in [2.24, 2.45) is 17.8 Å². The molecule has 3 fully saturated rings. The van der Waals surface area contributed by atoms with Gasteiger partial charge in [-0.1, -0.05) is 26.8 Å². The number of ether oxygens (including phenoxy) is 7. The molecule has 21 nitrogen and oxygen atoms in total. The Morgan fingerprint density at radius 1 is 0.935 bits per heavy atom. The Morgan fingerprint density at radius 2 is 1.61 bits per heavy atom. The summed E-state index contributed by atoms with van der Waals surface area (Å²) in [7, 11) is 10.6. The topological polar surface area (TPSA) is 261 Å². The van der Waals surface area contributed by atoms with Crippen LogP contribution in [0.4, 0.5) is 0 Å². The largest absolute Gasteiger partial charge is 0.477 e. The molecule has 0 unspecified atom stereocenters. The monoisotopic (exact) mass is 1090 g/mol. The summed E-state index contributed by atoms with van der Waals surface area (Å²) >= 11 is 0. The highest BCUT2D eigenvalue weighted by Crippen LogP contribution is 2.41. The third-order valence-corrected chi connectivity index (χ3v) is 16.5. The highest BCUT2D eigenvalue weighted by atomic mass is 16.7. The van der Waals surface area contributed by atoms with Crippen LogP contribution in [0.5, 0.6) is 0 Å². The number of rotatable bonds is 17. The van der Waals surface area contributed by atoms with Crippen LogP contribution in [0, 0.1) is 17.8 Å². The lowest BCUT2D eigenvalue weighted by Gasteiger charge is -2.49. The maximum atomic E-state index is 14.6. The summed E-state index contributed by atoms with van der Waals surface area (Å²) in [6.45, 7) is 18.8. The van der Waals surface area contributed by atoms with Crippen LogP contribution in [0.15, 0.2) is 29.2 Å². The summed E-state index contributed by atoms with van der Waals surface area (Å²) in [6, 6.07) is 4.53. The molecule has 6 N–H and O–H groups in total. The second-order valence-corrected chi connectivity index (χ2v) is 23.5. The predicted molar refractivity (Wildman–Crippen MR) is 289 cm³/mol. The molecule has 2 aromatic rings. The fourth-order valence-corrected chi connectivity index (χ4v) is 11.9. The number of aliphatic hydroxyl groups is 4. The number of aromatic nitrogens is 1. The molecule has 4 heterocycles. The third kappa shape index (κ3) is 15.1. The first-order valence-corrected chi connectivity index (χ1v) is 27.4. The van der Waals surface area contributed by atoms with Crippen LogP contribution in [0.25, 0.3) is 10.9 Å². The van der Waals surface area contributed by atoms with E-state index in [0.717, 1.165) is 5.56 Å². The van der Waals surface area contributed by atoms with Gasteiger partial charge in [0.05, 0.1) is 47.9 Å². The van der Waals surface area contributed by atoms with Crippen molar-refractivity contribution in [2.75, 3.05) is 67.0 Å². The molecule has 0 saturated carbocycles. The summed E-state index contributed by atoms with van der Waals surface area (Å²) in [6.07, 6.45) is -6.46. The number of esters is 2. The van der Waals surface area contributed by atoms with Gasteiger partial charge in [-0.3, -0.25) is 19.1 Å². The van der Waals surface area contributed by atoms with Gasteiger partial charge >= 0.3 is 17.9 Å². The number of carboxylic acid groups (broad SMARTS) is 1. The Bertz CT molecular complexity index is 2350. The molecule has 5 rings (SSSR count). The van der Waals surface area contributed by atoms with Gasteiger partial charge in [-0.05, 0) is 132 Å². The number of fused-ring (bicyclic) bond motifs is 1. The quantitative estimate of drug-likeness (QED) is 0.0981. The van der Waals surface area contributed by atoms with Crippen LogP contribution in [0.3, 0.4) is 0 Å². The summed E-state index contributed by atoms with van der Waals surface area (Å²) in [5.41, 5.74) is -4.05. The molecule has 18 atom stereocenters. The average molecular weight is 1090 g/mol. The van der Waals surface area contributed by atoms with Gasteiger partial charge < -0.3 is 78.8 Å². The first-order valence-electron chi connectivity index (χ1n) is 27.4. The van der Waals surface area contributed by atoms with Crippen molar-refractivity contribution in [2.45, 2.75) is 204 Å². The summed E-state index contributed by atoms with van der Waals surface area (Å²) in [5, 5.41) is 63.1. The normalized spacial score (nSPS) is 37.2. The minimum absolute atomic E-state index is 0.0332. The van der Waals surface area contributed by atoms with E-state index < -0.39 is 113 Å². The Labute approximate surface area is 455 Å². The molecule has 0 amide bonds. The molecule has 3 aliphatic heterocycles. The van der Waals surface area contributed by atoms with Crippen molar-refractivity contribution >= 4 is 28.8 Å². The van der Waals surface area contributed by atoms with Crippen LogP contribution < -0.4 is 15.8 Å². The molecule has 0 bridgehead atoms. The maximum absolute atomic E-state index is 14.6. The van der Waals surface area contributed by atoms with E-state index in [1.54, 1.807) is 84.4 Å². The number of nitrogens with one attached hydrogen (secondary N) is 1. The van der Waals surface area contributed by atoms with Gasteiger partial charge in [-0.2, -0.15) is 0 Å². The summed E-state index contributed by atoms with van der Waals surface area (Å²) < 4.78 is 46.5. The molecule has 21 heteroatoms. The number of carbonyl (C=O) groups is 3. The molecule has 0 spiro atoms. The lowest BCUT2D eigenvalue weighted by atomic mass is 9.77. The standard InChI is InChI=1S/C56H93N5O16/c1-17-42-56(10,70)48(65)35(6)60(15)29-31(2)27-54(8,69)49(77-53-46(64)41(58(11)12)25-32(3)72-53)33(4)47(34(5)52(68)74-42)76-44-28-55(9,71-16)50(36(7)73-44)75-43(62)22-24-57-23-18-19-37-20-21-40-38(26-37)45(63)39(51(66)67)30-61(40)59(13)14/h20-21,26,30-36,41-42,44,46-50,53,57,64-65,69-70H,17-19,22-25,27-29H2,1-16H3,(H,66,67)/t31-,32-,33+,34-,35-,36+,41+,42-,44+,46-,47+,48-,49-,50+,53+,54-,55-,56-/m1/s1. The van der Waals surface area contributed by atoms with Crippen LogP contribution in [0.2, 0.25) is 0 Å². The van der Waals surface area contributed by atoms with E-state index in [1.165, 1.54) is 20.2 Å². The number of methoxy groups -OCH3 is 1. The SMILES string of the molecule is CC[C@H]1OC(=O)[C@H](C)[C@@H](O[C@H]2C[C@@](C)(OC)[C@@H](OC(=O)CCNCCCc3ccc4c(c3)c(=O)c(C(=O)O)cn4N(C)C)[C@H](C)O2)[C@H](C)[C@@H](O[C@@H]2O[C@H](C)C[C@H](N(C)C)[C@H]2O)[C@](C)(O)C[C@@H](C)CN(C)[C@H](C)[C@@H](O)[C@]1(C)O. The Hall–Kier alpha value is -3.84. The van der Waals surface area contributed by atoms with E-state index in [2.05, 4.69) is 5.32 Å². The van der Waals surface area contributed by atoms with Crippen LogP contribution in [-0.2, 0) is 49.2 Å². The van der Waals surface area contributed by atoms with Gasteiger partial charge in [-0.15, -0.1) is 0 Å². The van der Waals surface area contributed by atoms with Crippen LogP contribution in [0.1, 0.15) is 124 Å². The van der Waals surface area contributed by atoms with Gasteiger partial charge in [-0.25, -0.2) is 4.79 Å². The van der Waals surface area contributed by atoms with Crippen molar-refractivity contribution in [1.29, 1.82) is 0 Å². The fourth-order valence-electron chi connectivity index (χ4n) is 11.9. The Kier molecular flexibility index (Phi) is 22.1. The van der Waals surface area contributed by atoms with Crippen LogP contribution >= 0.6 is 0 Å². The number of likely N-dealkylation sites (N-methyl/N-ethyl adjacent to an activating group) is 2. The minimum Gasteiger partial charge on any atom is -0.477 e. The number of cyclic esters (lactones) is 1. The van der Waals surface area contributed by atoms with Crippen molar-refractivity contribution in [3.05, 3.63) is 45.7 Å². The maximum Gasteiger partial charge on any atom is 0.341 e. The molecule has 1 aromatic carbocycles. The fraction of sp³-hybridized carbons (Fsp3) is 0.786. The number of nitrogens with zero attached hydrogens (tertiary/aromatic N) is 4. The Balaban J connectivity index is 1.34. The van der Waals surface area contributed by atoms with Crippen LogP contribution in [-0.4, -0.2) is 210 Å². The number of hydrogen-bond acceptors (Lipinski definition) is 19. The van der Waals surface area contributed by atoms with Crippen molar-refractivity contribution in [3.63, 3.8) is 0 Å². The zero-order valence-electron chi connectivity index (χ0n) is 48.6. The van der Waals surface area contributed by atoms with Gasteiger partial charge in [0.15, 0.2) is 18.7 Å². The van der Waals surface area contributed by atoms with Crippen molar-refractivity contribution in [1.82, 2.24) is 19.8 Å². The zero-order valence-corrected chi connectivity index (χ0v) is 48.6. The summed E-state index contributed by atoms with van der Waals surface area (Å²) in [4.78, 5) is 56.8. The predicted octanol–water partition coefficient (Wildman–Crippen LogP) is 3.27. The molecule has 3 aliphatic rings. The lowest BCUT2D eigenvalue weighted by molar-refractivity contribution is -0.318. The number of aromatic carboxylic acids is 1. The number of pyridine rings is 1. The van der Waals surface area contributed by atoms with E-state index in [4.69, 9.17) is 33.2 Å². The average Bonchev–Trinajstić information content (AvgIpc) is 3.35. The van der Waals surface area contributed by atoms with Gasteiger partial charge in [0.2, 0.25) is 5.43 Å². The number of carboxylic acids is 1. The third-order valence-electron chi connectivity index (χ3n) is 16.5. The van der Waals surface area contributed by atoms with E-state index in [0.29, 0.717) is 49.8 Å². The number of benzene rings is 1. The first-order chi connectivity index (χ1) is 35.9. The van der Waals surface area contributed by atoms with E-state index in [1.807, 2.05) is 50.9 Å². The minimum atomic E-state index is -1.86. The molecule has 3 saturated heterocycles. The molecular formula is C56H93N5O16. The van der Waals surface area contributed by atoms with E-state index in [-0.39, 0.29) is 49.3 Å². The second-order valence-electron chi connectivity index (χ2n) is 23.5. The highest BCUT2D eigenvalue weighted by Gasteiger charge is 2.54. The Morgan fingerprint density at radius 3 is 2.22 bits per heavy atom. The molecule has 0 radical (unpaired) electrons. The van der Waals surface area contributed by atoms with E-state index >= 15 is 0 Å². The number of carbonyl (C=O) groups excluding carboxylic acids is 2. The van der Waals surface area contributed by atoms with Gasteiger partial charge in [0.25, 0.3) is 0 Å². The van der Waals surface area contributed by atoms with Gasteiger partial charge in [0.1, 0.15) is 35.1 Å². The zero-order chi connectivity index (χ0) is 57.6. The second kappa shape index (κ2) is 26.6. The lowest BCUT2D eigenvalue weighted by Crippen LogP contribution is -2.61. The van der Waals surface area contributed by atoms with Gasteiger partial charge in [0, 0.05) is 70.3 Å².